The third kappa shape index (κ3) is 52.8. The second-order valence-corrected chi connectivity index (χ2v) is 9.74. The molecule has 0 saturated carbocycles. The van der Waals surface area contributed by atoms with Gasteiger partial charge in [-0.3, -0.25) is 4.79 Å². The molecule has 6 nitrogen and oxygen atoms in total. The number of rotatable bonds is 17. The maximum atomic E-state index is 9.89. The number of likely N-dealkylation sites (N-methyl/N-ethyl adjacent to an activating group) is 1. The van der Waals surface area contributed by atoms with Crippen molar-refractivity contribution in [2.45, 2.75) is 104 Å². The van der Waals surface area contributed by atoms with Crippen molar-refractivity contribution in [1.29, 1.82) is 0 Å². The summed E-state index contributed by atoms with van der Waals surface area (Å²) in [5.41, 5.74) is 0. The first-order valence-electron chi connectivity index (χ1n) is 12.3. The Morgan fingerprint density at radius 2 is 1.03 bits per heavy atom. The van der Waals surface area contributed by atoms with Crippen molar-refractivity contribution in [2.24, 2.45) is 0 Å². The Labute approximate surface area is 193 Å². The van der Waals surface area contributed by atoms with Crippen LogP contribution in [0, 0.1) is 0 Å². The molecule has 0 fully saturated rings. The van der Waals surface area contributed by atoms with Gasteiger partial charge in [0.25, 0.3) is 5.97 Å². The minimum absolute atomic E-state index is 0.0694. The van der Waals surface area contributed by atoms with Crippen LogP contribution in [0.5, 0.6) is 0 Å². The van der Waals surface area contributed by atoms with Gasteiger partial charge < -0.3 is 24.4 Å². The molecule has 0 unspecified atom stereocenters. The summed E-state index contributed by atoms with van der Waals surface area (Å²) in [6.07, 6.45) is 20.3. The first-order valence-corrected chi connectivity index (χ1v) is 12.3. The molecular formula is C25H54N2O4. The lowest BCUT2D eigenvalue weighted by atomic mass is 10.0. The lowest BCUT2D eigenvalue weighted by molar-refractivity contribution is -0.864. The Morgan fingerprint density at radius 3 is 1.23 bits per heavy atom. The molecule has 0 aromatic rings. The van der Waals surface area contributed by atoms with E-state index in [1.54, 1.807) is 21.1 Å². The molecule has 188 valence electrons. The van der Waals surface area contributed by atoms with E-state index in [4.69, 9.17) is 9.90 Å². The van der Waals surface area contributed by atoms with E-state index in [2.05, 4.69) is 25.9 Å². The molecule has 0 aliphatic carbocycles. The minimum Gasteiger partial charge on any atom is -0.544 e. The van der Waals surface area contributed by atoms with Gasteiger partial charge in [-0.2, -0.15) is 0 Å². The average Bonchev–Trinajstić information content (AvgIpc) is 2.59. The summed E-state index contributed by atoms with van der Waals surface area (Å²) in [5.74, 6) is -1.84. The van der Waals surface area contributed by atoms with Crippen LogP contribution < -0.4 is 5.11 Å². The lowest BCUT2D eigenvalue weighted by Gasteiger charge is -2.23. The maximum Gasteiger partial charge on any atom is 0.300 e. The molecule has 0 spiro atoms. The molecule has 0 aliphatic rings. The highest BCUT2D eigenvalue weighted by Gasteiger charge is 2.04. The molecule has 6 heteroatoms. The van der Waals surface area contributed by atoms with E-state index in [0.717, 1.165) is 6.92 Å². The number of carbonyl (C=O) groups is 2. The molecule has 0 aromatic heterocycles. The van der Waals surface area contributed by atoms with Crippen LogP contribution in [0.15, 0.2) is 0 Å². The lowest BCUT2D eigenvalue weighted by Crippen LogP contribution is -2.45. The first kappa shape index (κ1) is 34.5. The number of hydrogen-bond acceptors (Lipinski definition) is 4. The summed E-state index contributed by atoms with van der Waals surface area (Å²) in [7, 11) is 9.74. The fraction of sp³-hybridized carbons (Fsp3) is 0.920. The SMILES string of the molecule is CC(=O)O.CCCCCCCCCCCCCCCCN(C)C.C[N+](C)(C)CC(=O)[O-]. The predicted octanol–water partition coefficient (Wildman–Crippen LogP) is 4.56. The summed E-state index contributed by atoms with van der Waals surface area (Å²) in [6.45, 7) is 4.71. The Hall–Kier alpha value is -1.14. The zero-order valence-electron chi connectivity index (χ0n) is 21.9. The normalized spacial score (nSPS) is 10.7. The molecule has 0 rings (SSSR count). The predicted molar refractivity (Wildman–Crippen MR) is 130 cm³/mol. The van der Waals surface area contributed by atoms with Crippen LogP contribution in [0.4, 0.5) is 0 Å². The van der Waals surface area contributed by atoms with E-state index >= 15 is 0 Å². The van der Waals surface area contributed by atoms with E-state index in [1.807, 2.05) is 0 Å². The van der Waals surface area contributed by atoms with Crippen LogP contribution in [0.3, 0.4) is 0 Å². The molecule has 1 N–H and O–H groups in total. The highest BCUT2D eigenvalue weighted by Crippen LogP contribution is 2.12. The summed E-state index contributed by atoms with van der Waals surface area (Å²) in [4.78, 5) is 21.2. The van der Waals surface area contributed by atoms with E-state index in [-0.39, 0.29) is 6.54 Å². The number of carbonyl (C=O) groups excluding carboxylic acids is 1. The largest absolute Gasteiger partial charge is 0.544 e. The zero-order valence-corrected chi connectivity index (χ0v) is 21.9. The number of nitrogens with zero attached hydrogens (tertiary/aromatic N) is 2. The maximum absolute atomic E-state index is 9.89. The molecule has 0 bridgehead atoms. The Morgan fingerprint density at radius 1 is 0.742 bits per heavy atom. The summed E-state index contributed by atoms with van der Waals surface area (Å²) in [6, 6.07) is 0. The Balaban J connectivity index is -0.000000536. The second-order valence-electron chi connectivity index (χ2n) is 9.74. The number of hydrogen-bond donors (Lipinski definition) is 1. The molecule has 31 heavy (non-hydrogen) atoms. The van der Waals surface area contributed by atoms with E-state index in [0.29, 0.717) is 4.48 Å². The fourth-order valence-electron chi connectivity index (χ4n) is 3.01. The van der Waals surface area contributed by atoms with Gasteiger partial charge in [0.15, 0.2) is 0 Å². The van der Waals surface area contributed by atoms with Gasteiger partial charge in [0.05, 0.1) is 27.1 Å². The molecule has 0 heterocycles. The van der Waals surface area contributed by atoms with Crippen LogP contribution >= 0.6 is 0 Å². The van der Waals surface area contributed by atoms with Gasteiger partial charge in [-0.25, -0.2) is 0 Å². The monoisotopic (exact) mass is 446 g/mol. The van der Waals surface area contributed by atoms with Gasteiger partial charge >= 0.3 is 0 Å². The van der Waals surface area contributed by atoms with Crippen LogP contribution in [-0.2, 0) is 9.59 Å². The standard InChI is InChI=1S/C18H39N.C5H11NO2.C2H4O2/c1-4-5-6-7-8-9-10-11-12-13-14-15-16-17-18-19(2)3;1-6(2,3)4-5(7)8;1-2(3)4/h4-18H2,1-3H3;4H2,1-3H3;1H3,(H,3,4). The third-order valence-electron chi connectivity index (χ3n) is 4.56. The van der Waals surface area contributed by atoms with E-state index in [9.17, 15) is 9.90 Å². The van der Waals surface area contributed by atoms with Crippen molar-refractivity contribution in [2.75, 3.05) is 48.3 Å². The van der Waals surface area contributed by atoms with Crippen molar-refractivity contribution < 1.29 is 24.3 Å². The van der Waals surface area contributed by atoms with Crippen LogP contribution in [0.1, 0.15) is 104 Å². The highest BCUT2D eigenvalue weighted by atomic mass is 16.4. The number of unbranched alkanes of at least 4 members (excludes halogenated alkanes) is 13. The van der Waals surface area contributed by atoms with Crippen molar-refractivity contribution in [3.8, 4) is 0 Å². The molecule has 0 saturated heterocycles. The van der Waals surface area contributed by atoms with Crippen molar-refractivity contribution in [1.82, 2.24) is 4.90 Å². The van der Waals surface area contributed by atoms with Crippen LogP contribution in [0.2, 0.25) is 0 Å². The van der Waals surface area contributed by atoms with Crippen molar-refractivity contribution in [3.05, 3.63) is 0 Å². The first-order chi connectivity index (χ1) is 14.4. The van der Waals surface area contributed by atoms with Gasteiger partial charge in [-0.05, 0) is 27.1 Å². The summed E-state index contributed by atoms with van der Waals surface area (Å²) in [5, 5.41) is 17.3. The number of quaternary nitrogens is 1. The summed E-state index contributed by atoms with van der Waals surface area (Å²) < 4.78 is 0.419. The van der Waals surface area contributed by atoms with Gasteiger partial charge in [-0.1, -0.05) is 90.4 Å². The van der Waals surface area contributed by atoms with Crippen LogP contribution in [-0.4, -0.2) is 74.8 Å². The number of carboxylic acids is 2. The van der Waals surface area contributed by atoms with Gasteiger partial charge in [0.1, 0.15) is 6.54 Å². The molecule has 0 aliphatic heterocycles. The van der Waals surface area contributed by atoms with Gasteiger partial charge in [0.2, 0.25) is 0 Å². The second kappa shape index (κ2) is 25.1. The van der Waals surface area contributed by atoms with Crippen LogP contribution in [0.25, 0.3) is 0 Å². The molecule has 0 radical (unpaired) electrons. The average molecular weight is 447 g/mol. The van der Waals surface area contributed by atoms with E-state index in [1.165, 1.54) is 96.4 Å². The molecular weight excluding hydrogens is 392 g/mol. The smallest absolute Gasteiger partial charge is 0.300 e. The van der Waals surface area contributed by atoms with E-state index < -0.39 is 11.9 Å². The fourth-order valence-corrected chi connectivity index (χ4v) is 3.01. The number of carboxylic acid groups (broad SMARTS) is 2. The highest BCUT2D eigenvalue weighted by molar-refractivity contribution is 5.65. The van der Waals surface area contributed by atoms with Gasteiger partial charge in [-0.15, -0.1) is 0 Å². The van der Waals surface area contributed by atoms with Crippen molar-refractivity contribution in [3.63, 3.8) is 0 Å². The molecule has 0 aromatic carbocycles. The topological polar surface area (TPSA) is 80.7 Å². The zero-order chi connectivity index (χ0) is 24.5. The Bertz CT molecular complexity index is 389. The molecule has 0 amide bonds. The van der Waals surface area contributed by atoms with Crippen molar-refractivity contribution >= 4 is 11.9 Å². The Kier molecular flexibility index (Phi) is 27.9. The quantitative estimate of drug-likeness (QED) is 0.262. The number of aliphatic carboxylic acids is 2. The third-order valence-corrected chi connectivity index (χ3v) is 4.56. The minimum atomic E-state index is -1.00. The molecule has 0 atom stereocenters. The summed E-state index contributed by atoms with van der Waals surface area (Å²) >= 11 is 0. The van der Waals surface area contributed by atoms with Gasteiger partial charge in [0, 0.05) is 6.92 Å².